The Kier molecular flexibility index (Phi) is 5.23. The number of rotatable bonds is 4. The van der Waals surface area contributed by atoms with Crippen LogP contribution in [0.3, 0.4) is 0 Å². The third-order valence-electron chi connectivity index (χ3n) is 6.65. The average molecular weight is 437 g/mol. The highest BCUT2D eigenvalue weighted by Crippen LogP contribution is 2.40. The summed E-state index contributed by atoms with van der Waals surface area (Å²) in [6.45, 7) is 5.41. The second kappa shape index (κ2) is 8.22. The molecule has 1 aromatic heterocycles. The van der Waals surface area contributed by atoms with E-state index >= 15 is 0 Å². The zero-order valence-corrected chi connectivity index (χ0v) is 19.1. The number of hydrogen-bond acceptors (Lipinski definition) is 3. The van der Waals surface area contributed by atoms with Crippen molar-refractivity contribution >= 4 is 5.91 Å². The summed E-state index contributed by atoms with van der Waals surface area (Å²) in [5.41, 5.74) is 7.12. The molecule has 1 saturated carbocycles. The zero-order chi connectivity index (χ0) is 23.1. The van der Waals surface area contributed by atoms with Crippen molar-refractivity contribution in [2.45, 2.75) is 38.5 Å². The summed E-state index contributed by atoms with van der Waals surface area (Å²) in [5, 5.41) is 8.99. The summed E-state index contributed by atoms with van der Waals surface area (Å²) in [6, 6.07) is 16.9. The van der Waals surface area contributed by atoms with Crippen LogP contribution in [0.25, 0.3) is 16.1 Å². The van der Waals surface area contributed by atoms with E-state index in [9.17, 15) is 4.79 Å². The van der Waals surface area contributed by atoms with Crippen molar-refractivity contribution in [3.05, 3.63) is 80.6 Å². The fourth-order valence-electron chi connectivity index (χ4n) is 4.52. The van der Waals surface area contributed by atoms with Crippen LogP contribution in [0.2, 0.25) is 0 Å². The highest BCUT2D eigenvalue weighted by atomic mass is 16.2. The second-order valence-electron chi connectivity index (χ2n) is 9.08. The minimum Gasteiger partial charge on any atom is -0.337 e. The molecule has 0 atom stereocenters. The number of nitrogens with zero attached hydrogens (tertiary/aromatic N) is 4. The Morgan fingerprint density at radius 2 is 1.85 bits per heavy atom. The van der Waals surface area contributed by atoms with Crippen molar-refractivity contribution in [1.82, 2.24) is 14.9 Å². The number of aromatic amines is 1. The Bertz CT molecular complexity index is 1340. The summed E-state index contributed by atoms with van der Waals surface area (Å²) < 4.78 is 0. The number of aromatic nitrogens is 2. The molecule has 2 aromatic carbocycles. The normalized spacial score (nSPS) is 15.4. The van der Waals surface area contributed by atoms with Gasteiger partial charge >= 0.3 is 6.07 Å². The molecule has 1 amide bonds. The Balaban J connectivity index is 1.41. The summed E-state index contributed by atoms with van der Waals surface area (Å²) in [5.74, 6) is 1.83. The first-order valence-electron chi connectivity index (χ1n) is 11.3. The van der Waals surface area contributed by atoms with E-state index in [4.69, 9.17) is 10.2 Å². The number of aryl methyl sites for hydroxylation is 2. The largest absolute Gasteiger partial charge is 0.337 e. The molecule has 164 valence electrons. The van der Waals surface area contributed by atoms with E-state index in [0.717, 1.165) is 46.7 Å². The lowest BCUT2D eigenvalue weighted by atomic mass is 9.89. The van der Waals surface area contributed by atoms with Crippen molar-refractivity contribution in [2.24, 2.45) is 0 Å². The second-order valence-corrected chi connectivity index (χ2v) is 9.08. The van der Waals surface area contributed by atoms with Gasteiger partial charge in [-0.1, -0.05) is 23.0 Å². The predicted molar refractivity (Wildman–Crippen MR) is 128 cm³/mol. The molecular weight excluding hydrogens is 410 g/mol. The minimum atomic E-state index is 0.0475. The first-order chi connectivity index (χ1) is 16.0. The monoisotopic (exact) mass is 436 g/mol. The van der Waals surface area contributed by atoms with Gasteiger partial charge in [-0.3, -0.25) is 4.79 Å². The molecular formula is C27H26N5O+. The summed E-state index contributed by atoms with van der Waals surface area (Å²) in [7, 11) is 1.70. The van der Waals surface area contributed by atoms with Crippen LogP contribution in [0.5, 0.6) is 0 Å². The molecule has 5 rings (SSSR count). The maximum atomic E-state index is 13.4. The van der Waals surface area contributed by atoms with Crippen LogP contribution in [0, 0.1) is 31.2 Å². The van der Waals surface area contributed by atoms with Gasteiger partial charge in [-0.2, -0.15) is 5.26 Å². The van der Waals surface area contributed by atoms with Crippen molar-refractivity contribution in [3.63, 3.8) is 0 Å². The number of amides is 1. The Morgan fingerprint density at radius 3 is 2.48 bits per heavy atom. The fraction of sp³-hybridized carbons (Fsp3) is 0.333. The zero-order valence-electron chi connectivity index (χ0n) is 19.1. The summed E-state index contributed by atoms with van der Waals surface area (Å²) in [6.07, 6.45) is 2.31. The molecule has 33 heavy (non-hydrogen) atoms. The Hall–Kier alpha value is -3.90. The molecule has 0 radical (unpaired) electrons. The third-order valence-corrected chi connectivity index (χ3v) is 6.65. The van der Waals surface area contributed by atoms with E-state index in [1.807, 2.05) is 42.2 Å². The number of H-pyrrole nitrogens is 1. The fourth-order valence-corrected chi connectivity index (χ4v) is 4.52. The number of likely N-dealkylation sites (tertiary alicyclic amines) is 1. The van der Waals surface area contributed by atoms with E-state index in [1.165, 1.54) is 5.56 Å². The molecule has 2 aliphatic rings. The van der Waals surface area contributed by atoms with Crippen LogP contribution < -0.4 is 0 Å². The highest BCUT2D eigenvalue weighted by Gasteiger charge is 2.34. The van der Waals surface area contributed by atoms with Crippen LogP contribution in [0.4, 0.5) is 0 Å². The topological polar surface area (TPSA) is 77.1 Å². The standard InChI is InChI=1S/C27H25N5O/c1-16-10-17(2)23(11-22(16)25-24(13-29-3)30-26(31-25)20-8-9-20)27(33)32-14-21(15-32)19-6-4-18(12-28)5-7-19/h4-7,10-11,20-21H,8-9,14-15H2,1-3H3/p+1. The van der Waals surface area contributed by atoms with Gasteiger partial charge in [-0.05, 0) is 61.6 Å². The van der Waals surface area contributed by atoms with Crippen molar-refractivity contribution in [3.8, 4) is 23.4 Å². The van der Waals surface area contributed by atoms with Gasteiger partial charge in [-0.15, -0.1) is 0 Å². The smallest absolute Gasteiger partial charge is 0.331 e. The lowest BCUT2D eigenvalue weighted by Crippen LogP contribution is -2.48. The molecule has 1 N–H and O–H groups in total. The average Bonchev–Trinajstić information content (AvgIpc) is 3.54. The molecule has 2 heterocycles. The number of carbonyl (C=O) groups excluding carboxylic acids is 1. The third kappa shape index (κ3) is 3.90. The van der Waals surface area contributed by atoms with Gasteiger partial charge in [0, 0.05) is 36.1 Å². The molecule has 6 nitrogen and oxygen atoms in total. The van der Waals surface area contributed by atoms with Gasteiger partial charge in [0.15, 0.2) is 5.69 Å². The van der Waals surface area contributed by atoms with Crippen LogP contribution in [0.1, 0.15) is 68.8 Å². The predicted octanol–water partition coefficient (Wildman–Crippen LogP) is 4.99. The van der Waals surface area contributed by atoms with Crippen LogP contribution in [0.15, 0.2) is 36.4 Å². The number of nitriles is 1. The number of imidazole rings is 1. The first-order valence-corrected chi connectivity index (χ1v) is 11.3. The van der Waals surface area contributed by atoms with Gasteiger partial charge in [0.05, 0.1) is 11.6 Å². The maximum Gasteiger partial charge on any atom is 0.331 e. The van der Waals surface area contributed by atoms with Gasteiger partial charge < -0.3 is 9.88 Å². The minimum absolute atomic E-state index is 0.0475. The molecule has 0 spiro atoms. The van der Waals surface area contributed by atoms with Gasteiger partial charge in [0.2, 0.25) is 0 Å². The van der Waals surface area contributed by atoms with Gasteiger partial charge in [-0.25, -0.2) is 4.98 Å². The highest BCUT2D eigenvalue weighted by molar-refractivity contribution is 5.98. The lowest BCUT2D eigenvalue weighted by Gasteiger charge is -2.40. The van der Waals surface area contributed by atoms with Gasteiger partial charge in [0.1, 0.15) is 11.5 Å². The van der Waals surface area contributed by atoms with E-state index in [0.29, 0.717) is 36.1 Å². The van der Waals surface area contributed by atoms with Crippen molar-refractivity contribution < 1.29 is 4.79 Å². The van der Waals surface area contributed by atoms with E-state index in [-0.39, 0.29) is 5.91 Å². The molecule has 1 aliphatic carbocycles. The van der Waals surface area contributed by atoms with Crippen molar-refractivity contribution in [2.75, 3.05) is 20.1 Å². The van der Waals surface area contributed by atoms with E-state index < -0.39 is 0 Å². The maximum absolute atomic E-state index is 13.4. The number of carbonyl (C=O) groups is 1. The van der Waals surface area contributed by atoms with E-state index in [1.54, 1.807) is 7.05 Å². The number of benzene rings is 2. The Morgan fingerprint density at radius 1 is 1.12 bits per heavy atom. The summed E-state index contributed by atoms with van der Waals surface area (Å²) >= 11 is 0. The van der Waals surface area contributed by atoms with Crippen LogP contribution in [-0.2, 0) is 0 Å². The van der Waals surface area contributed by atoms with E-state index in [2.05, 4.69) is 35.0 Å². The molecule has 3 aromatic rings. The van der Waals surface area contributed by atoms with Crippen LogP contribution in [-0.4, -0.2) is 40.9 Å². The molecule has 2 fully saturated rings. The molecule has 1 saturated heterocycles. The molecule has 0 bridgehead atoms. The Labute approximate surface area is 193 Å². The molecule has 1 aliphatic heterocycles. The number of nitrogens with one attached hydrogen (secondary N) is 1. The molecule has 0 unspecified atom stereocenters. The van der Waals surface area contributed by atoms with Gasteiger partial charge in [0.25, 0.3) is 13.0 Å². The first kappa shape index (κ1) is 21.0. The van der Waals surface area contributed by atoms with Crippen LogP contribution >= 0.6 is 0 Å². The van der Waals surface area contributed by atoms with Crippen molar-refractivity contribution in [1.29, 1.82) is 5.26 Å². The SMILES string of the molecule is C[N+]#Cc1[nH]c(C2CC2)nc1-c1cc(C(=O)N2CC(c3ccc(C#N)cc3)C2)c(C)cc1C. The summed E-state index contributed by atoms with van der Waals surface area (Å²) in [4.78, 5) is 27.6. The quantitative estimate of drug-likeness (QED) is 0.626. The molecule has 6 heteroatoms. The number of hydrogen-bond donors (Lipinski definition) is 1. The lowest BCUT2D eigenvalue weighted by molar-refractivity contribution is 0.0601.